The maximum absolute atomic E-state index is 2.43. The first-order valence-electron chi connectivity index (χ1n) is 6.91. The number of unbranched alkanes of at least 4 members (excludes halogenated alkanes) is 1. The van der Waals surface area contributed by atoms with Crippen molar-refractivity contribution in [3.05, 3.63) is 0 Å². The van der Waals surface area contributed by atoms with Crippen molar-refractivity contribution in [2.45, 2.75) is 87.5 Å². The van der Waals surface area contributed by atoms with Crippen molar-refractivity contribution in [3.63, 3.8) is 0 Å². The molecule has 98 valence electrons. The quantitative estimate of drug-likeness (QED) is 0.500. The molecule has 0 aromatic carbocycles. The Morgan fingerprint density at radius 3 is 1.38 bits per heavy atom. The lowest BCUT2D eigenvalue weighted by Gasteiger charge is -2.32. The minimum absolute atomic E-state index is 0.466. The standard InChI is InChI=1S/C16H34/c1-14(2,3)11-9-10-12-16(7,8)13-15(4,5)6/h9-13H2,1-8H3. The Labute approximate surface area is 104 Å². The topological polar surface area (TPSA) is 0 Å². The maximum atomic E-state index is 2.43. The van der Waals surface area contributed by atoms with Gasteiger partial charge >= 0.3 is 0 Å². The zero-order valence-corrected chi connectivity index (χ0v) is 13.0. The van der Waals surface area contributed by atoms with Crippen molar-refractivity contribution in [3.8, 4) is 0 Å². The van der Waals surface area contributed by atoms with Gasteiger partial charge in [0, 0.05) is 0 Å². The van der Waals surface area contributed by atoms with Gasteiger partial charge in [-0.05, 0) is 35.5 Å². The summed E-state index contributed by atoms with van der Waals surface area (Å²) >= 11 is 0. The molecule has 0 spiro atoms. The van der Waals surface area contributed by atoms with Crippen LogP contribution in [0.2, 0.25) is 0 Å². The third-order valence-corrected chi connectivity index (χ3v) is 3.04. The van der Waals surface area contributed by atoms with Gasteiger partial charge in [-0.15, -0.1) is 0 Å². The Balaban J connectivity index is 3.83. The molecule has 0 aliphatic rings. The SMILES string of the molecule is CC(C)(C)CCCCC(C)(C)CC(C)(C)C. The van der Waals surface area contributed by atoms with E-state index in [0.29, 0.717) is 16.2 Å². The second-order valence-corrected chi connectivity index (χ2v) is 8.67. The van der Waals surface area contributed by atoms with Crippen LogP contribution < -0.4 is 0 Å². The van der Waals surface area contributed by atoms with Crippen LogP contribution in [0.3, 0.4) is 0 Å². The maximum Gasteiger partial charge on any atom is -0.0349 e. The van der Waals surface area contributed by atoms with Crippen LogP contribution in [0.1, 0.15) is 87.5 Å². The van der Waals surface area contributed by atoms with Crippen molar-refractivity contribution in [1.29, 1.82) is 0 Å². The van der Waals surface area contributed by atoms with Gasteiger partial charge in [-0.3, -0.25) is 0 Å². The molecule has 0 bridgehead atoms. The van der Waals surface area contributed by atoms with Gasteiger partial charge in [-0.1, -0.05) is 68.2 Å². The monoisotopic (exact) mass is 226 g/mol. The van der Waals surface area contributed by atoms with Crippen molar-refractivity contribution < 1.29 is 0 Å². The summed E-state index contributed by atoms with van der Waals surface area (Å²) in [5.74, 6) is 0. The Morgan fingerprint density at radius 1 is 0.562 bits per heavy atom. The van der Waals surface area contributed by atoms with Crippen LogP contribution in [0.15, 0.2) is 0 Å². The molecule has 0 radical (unpaired) electrons. The molecular formula is C16H34. The van der Waals surface area contributed by atoms with Gasteiger partial charge in [-0.2, -0.15) is 0 Å². The molecule has 0 saturated heterocycles. The van der Waals surface area contributed by atoms with E-state index in [0.717, 1.165) is 0 Å². The molecule has 0 unspecified atom stereocenters. The molecule has 0 fully saturated rings. The molecule has 0 heteroatoms. The molecular weight excluding hydrogens is 192 g/mol. The summed E-state index contributed by atoms with van der Waals surface area (Å²) in [5.41, 5.74) is 1.48. The lowest BCUT2D eigenvalue weighted by atomic mass is 9.73. The fourth-order valence-corrected chi connectivity index (χ4v) is 2.78. The van der Waals surface area contributed by atoms with E-state index in [4.69, 9.17) is 0 Å². The summed E-state index contributed by atoms with van der Waals surface area (Å²) < 4.78 is 0. The molecule has 0 nitrogen and oxygen atoms in total. The molecule has 0 saturated carbocycles. The average molecular weight is 226 g/mol. The van der Waals surface area contributed by atoms with Gasteiger partial charge in [0.1, 0.15) is 0 Å². The summed E-state index contributed by atoms with van der Waals surface area (Å²) in [5, 5.41) is 0. The van der Waals surface area contributed by atoms with E-state index >= 15 is 0 Å². The zero-order valence-electron chi connectivity index (χ0n) is 13.0. The van der Waals surface area contributed by atoms with E-state index in [1.165, 1.54) is 32.1 Å². The van der Waals surface area contributed by atoms with Crippen molar-refractivity contribution in [2.75, 3.05) is 0 Å². The summed E-state index contributed by atoms with van der Waals surface area (Å²) in [6.07, 6.45) is 6.84. The molecule has 0 N–H and O–H groups in total. The zero-order chi connectivity index (χ0) is 13.0. The highest BCUT2D eigenvalue weighted by Crippen LogP contribution is 2.37. The Hall–Kier alpha value is 0. The predicted molar refractivity (Wildman–Crippen MR) is 75.8 cm³/mol. The van der Waals surface area contributed by atoms with Crippen LogP contribution in [0.25, 0.3) is 0 Å². The van der Waals surface area contributed by atoms with Crippen molar-refractivity contribution in [1.82, 2.24) is 0 Å². The van der Waals surface area contributed by atoms with Crippen molar-refractivity contribution in [2.24, 2.45) is 16.2 Å². The van der Waals surface area contributed by atoms with E-state index in [-0.39, 0.29) is 0 Å². The number of hydrogen-bond donors (Lipinski definition) is 0. The molecule has 0 aromatic heterocycles. The third-order valence-electron chi connectivity index (χ3n) is 3.04. The molecule has 0 aromatic rings. The Bertz CT molecular complexity index is 185. The predicted octanol–water partition coefficient (Wildman–Crippen LogP) is 6.06. The average Bonchev–Trinajstić information content (AvgIpc) is 1.91. The van der Waals surface area contributed by atoms with E-state index in [1.54, 1.807) is 0 Å². The highest BCUT2D eigenvalue weighted by molar-refractivity contribution is 4.76. The number of hydrogen-bond acceptors (Lipinski definition) is 0. The second-order valence-electron chi connectivity index (χ2n) is 8.67. The molecule has 0 heterocycles. The fraction of sp³-hybridized carbons (Fsp3) is 1.00. The van der Waals surface area contributed by atoms with Gasteiger partial charge in [0.15, 0.2) is 0 Å². The first-order valence-corrected chi connectivity index (χ1v) is 6.91. The largest absolute Gasteiger partial charge is 0.0602 e. The van der Waals surface area contributed by atoms with Crippen LogP contribution in [-0.4, -0.2) is 0 Å². The molecule has 16 heavy (non-hydrogen) atoms. The molecule has 0 atom stereocenters. The number of rotatable bonds is 5. The summed E-state index contributed by atoms with van der Waals surface area (Å²) in [7, 11) is 0. The van der Waals surface area contributed by atoms with Gasteiger partial charge in [0.05, 0.1) is 0 Å². The molecule has 0 amide bonds. The van der Waals surface area contributed by atoms with E-state index < -0.39 is 0 Å². The summed E-state index contributed by atoms with van der Waals surface area (Å²) in [6, 6.07) is 0. The third kappa shape index (κ3) is 10.5. The lowest BCUT2D eigenvalue weighted by molar-refractivity contribution is 0.191. The van der Waals surface area contributed by atoms with Crippen molar-refractivity contribution >= 4 is 0 Å². The van der Waals surface area contributed by atoms with E-state index in [9.17, 15) is 0 Å². The highest BCUT2D eigenvalue weighted by Gasteiger charge is 2.24. The molecule has 0 rings (SSSR count). The van der Waals surface area contributed by atoms with Crippen LogP contribution in [0.5, 0.6) is 0 Å². The Kier molecular flexibility index (Phi) is 5.56. The second kappa shape index (κ2) is 5.56. The summed E-state index contributed by atoms with van der Waals surface area (Å²) in [4.78, 5) is 0. The normalized spacial score (nSPS) is 14.2. The minimum atomic E-state index is 0.466. The lowest BCUT2D eigenvalue weighted by Crippen LogP contribution is -2.20. The van der Waals surface area contributed by atoms with E-state index in [1.807, 2.05) is 0 Å². The molecule has 0 aliphatic carbocycles. The molecule has 0 aliphatic heterocycles. The van der Waals surface area contributed by atoms with Crippen LogP contribution in [0.4, 0.5) is 0 Å². The first kappa shape index (κ1) is 16.0. The van der Waals surface area contributed by atoms with Crippen LogP contribution in [-0.2, 0) is 0 Å². The first-order chi connectivity index (χ1) is 6.91. The van der Waals surface area contributed by atoms with Crippen LogP contribution >= 0.6 is 0 Å². The van der Waals surface area contributed by atoms with E-state index in [2.05, 4.69) is 55.4 Å². The van der Waals surface area contributed by atoms with Gasteiger partial charge < -0.3 is 0 Å². The minimum Gasteiger partial charge on any atom is -0.0602 e. The fourth-order valence-electron chi connectivity index (χ4n) is 2.78. The smallest absolute Gasteiger partial charge is 0.0349 e. The van der Waals surface area contributed by atoms with Gasteiger partial charge in [0.25, 0.3) is 0 Å². The van der Waals surface area contributed by atoms with Crippen LogP contribution in [0, 0.1) is 16.2 Å². The van der Waals surface area contributed by atoms with Gasteiger partial charge in [0.2, 0.25) is 0 Å². The Morgan fingerprint density at radius 2 is 1.00 bits per heavy atom. The summed E-state index contributed by atoms with van der Waals surface area (Å²) in [6.45, 7) is 18.9. The van der Waals surface area contributed by atoms with Gasteiger partial charge in [-0.25, -0.2) is 0 Å². The highest BCUT2D eigenvalue weighted by atomic mass is 14.3.